The van der Waals surface area contributed by atoms with Crippen LogP contribution >= 0.6 is 81.2 Å². The Hall–Kier alpha value is 0.970. The molecule has 0 amide bonds. The largest absolute Gasteiger partial charge is 0.479 e. The van der Waals surface area contributed by atoms with E-state index < -0.39 is 49.1 Å². The molecule has 26 heavy (non-hydrogen) atoms. The van der Waals surface area contributed by atoms with Crippen LogP contribution in [0.25, 0.3) is 0 Å². The molecule has 11 heteroatoms. The highest BCUT2D eigenvalue weighted by atomic mass is 35.5. The zero-order valence-electron chi connectivity index (χ0n) is 13.9. The molecule has 0 aliphatic heterocycles. The zero-order chi connectivity index (χ0) is 20.7. The Morgan fingerprint density at radius 3 is 1.27 bits per heavy atom. The third-order valence-electron chi connectivity index (χ3n) is 3.88. The fourth-order valence-corrected chi connectivity index (χ4v) is 4.62. The summed E-state index contributed by atoms with van der Waals surface area (Å²) in [6, 6.07) is 0. The van der Waals surface area contributed by atoms with Crippen molar-refractivity contribution in [2.45, 2.75) is 76.2 Å². The molecule has 2 N–H and O–H groups in total. The second-order valence-electron chi connectivity index (χ2n) is 5.89. The van der Waals surface area contributed by atoms with Gasteiger partial charge in [-0.2, -0.15) is 0 Å². The summed E-state index contributed by atoms with van der Waals surface area (Å²) in [7, 11) is 0. The van der Waals surface area contributed by atoms with Crippen LogP contribution in [0.2, 0.25) is 0 Å². The fourth-order valence-electron chi connectivity index (χ4n) is 2.15. The lowest BCUT2D eigenvalue weighted by atomic mass is 9.97. The van der Waals surface area contributed by atoms with Crippen molar-refractivity contribution in [1.29, 1.82) is 0 Å². The summed E-state index contributed by atoms with van der Waals surface area (Å²) in [5.74, 6) is -2.97. The lowest BCUT2D eigenvalue weighted by Gasteiger charge is -2.37. The van der Waals surface area contributed by atoms with Crippen LogP contribution in [0.5, 0.6) is 0 Å². The maximum Gasteiger partial charge on any atom is 0.336 e. The van der Waals surface area contributed by atoms with Crippen LogP contribution in [0.15, 0.2) is 0 Å². The Morgan fingerprint density at radius 1 is 0.731 bits per heavy atom. The first-order valence-electron chi connectivity index (χ1n) is 7.91. The van der Waals surface area contributed by atoms with E-state index in [1.807, 2.05) is 6.92 Å². The van der Waals surface area contributed by atoms with E-state index in [0.29, 0.717) is 6.42 Å². The molecule has 0 spiro atoms. The van der Waals surface area contributed by atoms with Crippen molar-refractivity contribution in [3.8, 4) is 0 Å². The number of carboxylic acids is 2. The van der Waals surface area contributed by atoms with Gasteiger partial charge in [-0.1, -0.05) is 44.2 Å². The lowest BCUT2D eigenvalue weighted by molar-refractivity contribution is -0.152. The summed E-state index contributed by atoms with van der Waals surface area (Å²) in [4.78, 5) is 19.1. The maximum atomic E-state index is 10.6. The Labute approximate surface area is 188 Å². The zero-order valence-corrected chi connectivity index (χ0v) is 19.1. The van der Waals surface area contributed by atoms with E-state index in [1.54, 1.807) is 0 Å². The number of hydrogen-bond donors (Lipinski definition) is 2. The Kier molecular flexibility index (Phi) is 13.0. The van der Waals surface area contributed by atoms with Gasteiger partial charge in [0.1, 0.15) is 0 Å². The third kappa shape index (κ3) is 7.42. The fraction of sp³-hybridized carbons (Fsp3) is 0.867. The molecule has 0 aromatic rings. The molecule has 0 heterocycles. The minimum Gasteiger partial charge on any atom is -0.479 e. The summed E-state index contributed by atoms with van der Waals surface area (Å²) in [5, 5.41) is 14.7. The molecule has 0 radical (unpaired) electrons. The molecular formula is C15H21Cl7O4. The van der Waals surface area contributed by atoms with Crippen LogP contribution in [-0.4, -0.2) is 59.3 Å². The van der Waals surface area contributed by atoms with Crippen LogP contribution in [0, 0.1) is 0 Å². The average Bonchev–Trinajstić information content (AvgIpc) is 2.60. The third-order valence-corrected chi connectivity index (χ3v) is 8.42. The standard InChI is InChI=1S/C9H15ClO4.C6H6Cl6/c1-2-3-4-5-6-9(10,7(11)12)8(13)14;7-1-2(8)4(10)6(12)5(11)3(1)9/h2-6H2,1H3,(H,11,12)(H,13,14);1-6H/t;1-,2-,3-,4+,5+,6+. The lowest BCUT2D eigenvalue weighted by Crippen LogP contribution is -2.52. The van der Waals surface area contributed by atoms with Crippen molar-refractivity contribution in [2.24, 2.45) is 0 Å². The molecule has 0 atom stereocenters. The van der Waals surface area contributed by atoms with E-state index in [0.717, 1.165) is 19.3 Å². The van der Waals surface area contributed by atoms with Gasteiger partial charge in [-0.3, -0.25) is 0 Å². The molecule has 0 saturated heterocycles. The predicted molar refractivity (Wildman–Crippen MR) is 110 cm³/mol. The van der Waals surface area contributed by atoms with Gasteiger partial charge >= 0.3 is 11.9 Å². The van der Waals surface area contributed by atoms with Gasteiger partial charge in [-0.05, 0) is 6.42 Å². The minimum absolute atomic E-state index is 0.0285. The number of rotatable bonds is 7. The van der Waals surface area contributed by atoms with Gasteiger partial charge in [0.05, 0.1) is 32.3 Å². The van der Waals surface area contributed by atoms with Crippen molar-refractivity contribution in [2.75, 3.05) is 0 Å². The molecule has 4 nitrogen and oxygen atoms in total. The molecule has 0 aromatic heterocycles. The smallest absolute Gasteiger partial charge is 0.336 e. The monoisotopic (exact) mass is 510 g/mol. The average molecular weight is 513 g/mol. The minimum atomic E-state index is -2.15. The normalized spacial score (nSPS) is 31.7. The molecular weight excluding hydrogens is 492 g/mol. The summed E-state index contributed by atoms with van der Waals surface area (Å²) in [6.07, 6.45) is 3.28. The summed E-state index contributed by atoms with van der Waals surface area (Å²) in [5.41, 5.74) is 0. The van der Waals surface area contributed by atoms with E-state index in [-0.39, 0.29) is 6.42 Å². The molecule has 1 rings (SSSR count). The SMILES string of the molecule is CCCCCCC(Cl)(C(=O)O)C(=O)O.Cl[C@H]1[C@H](Cl)[C@@H](Cl)[C@@H](Cl)[C@H](Cl)[C@H]1Cl. The first-order valence-corrected chi connectivity index (χ1v) is 10.9. The highest BCUT2D eigenvalue weighted by Gasteiger charge is 2.47. The van der Waals surface area contributed by atoms with Gasteiger partial charge in [0.15, 0.2) is 0 Å². The molecule has 0 unspecified atom stereocenters. The summed E-state index contributed by atoms with van der Waals surface area (Å²) in [6.45, 7) is 2.02. The second kappa shape index (κ2) is 12.5. The van der Waals surface area contributed by atoms with Crippen LogP contribution in [0.1, 0.15) is 39.0 Å². The van der Waals surface area contributed by atoms with Crippen molar-refractivity contribution >= 4 is 93.1 Å². The van der Waals surface area contributed by atoms with E-state index in [4.69, 9.17) is 91.4 Å². The molecule has 1 fully saturated rings. The molecule has 0 bridgehead atoms. The second-order valence-corrected chi connectivity index (χ2v) is 9.56. The van der Waals surface area contributed by atoms with Gasteiger partial charge < -0.3 is 10.2 Å². The topological polar surface area (TPSA) is 74.6 Å². The van der Waals surface area contributed by atoms with E-state index >= 15 is 0 Å². The molecule has 0 aromatic carbocycles. The first kappa shape index (κ1) is 27.0. The number of carboxylic acid groups (broad SMARTS) is 2. The van der Waals surface area contributed by atoms with E-state index in [2.05, 4.69) is 0 Å². The highest BCUT2D eigenvalue weighted by molar-refractivity contribution is 6.45. The number of aliphatic carboxylic acids is 2. The first-order chi connectivity index (χ1) is 11.9. The number of alkyl halides is 7. The molecule has 1 aliphatic carbocycles. The van der Waals surface area contributed by atoms with Gasteiger partial charge in [-0.15, -0.1) is 69.6 Å². The van der Waals surface area contributed by atoms with Crippen molar-refractivity contribution in [1.82, 2.24) is 0 Å². The Morgan fingerprint density at radius 2 is 1.04 bits per heavy atom. The Balaban J connectivity index is 0.000000485. The van der Waals surface area contributed by atoms with Gasteiger partial charge in [0.2, 0.25) is 4.87 Å². The molecule has 154 valence electrons. The Bertz CT molecular complexity index is 393. The van der Waals surface area contributed by atoms with Crippen molar-refractivity contribution in [3.63, 3.8) is 0 Å². The number of hydrogen-bond acceptors (Lipinski definition) is 2. The number of halogens is 7. The quantitative estimate of drug-likeness (QED) is 0.258. The highest BCUT2D eigenvalue weighted by Crippen LogP contribution is 2.39. The predicted octanol–water partition coefficient (Wildman–Crippen LogP) is 5.75. The summed E-state index contributed by atoms with van der Waals surface area (Å²) < 4.78 is 0. The molecule has 1 saturated carbocycles. The van der Waals surface area contributed by atoms with Crippen LogP contribution in [0.3, 0.4) is 0 Å². The van der Waals surface area contributed by atoms with Crippen molar-refractivity contribution < 1.29 is 19.8 Å². The van der Waals surface area contributed by atoms with Crippen LogP contribution in [-0.2, 0) is 9.59 Å². The van der Waals surface area contributed by atoms with Gasteiger partial charge in [-0.25, -0.2) is 9.59 Å². The van der Waals surface area contributed by atoms with E-state index in [1.165, 1.54) is 0 Å². The maximum absolute atomic E-state index is 10.6. The van der Waals surface area contributed by atoms with Gasteiger partial charge in [0, 0.05) is 0 Å². The summed E-state index contributed by atoms with van der Waals surface area (Å²) >= 11 is 40.8. The van der Waals surface area contributed by atoms with Crippen LogP contribution < -0.4 is 0 Å². The molecule has 1 aliphatic rings. The number of carbonyl (C=O) groups is 2. The van der Waals surface area contributed by atoms with Crippen LogP contribution in [0.4, 0.5) is 0 Å². The van der Waals surface area contributed by atoms with Crippen molar-refractivity contribution in [3.05, 3.63) is 0 Å². The van der Waals surface area contributed by atoms with Gasteiger partial charge in [0.25, 0.3) is 0 Å². The van der Waals surface area contributed by atoms with E-state index in [9.17, 15) is 9.59 Å². The number of unbranched alkanes of at least 4 members (excludes halogenated alkanes) is 3.